The molecule has 4 heterocycles. The highest BCUT2D eigenvalue weighted by molar-refractivity contribution is 5.68. The van der Waals surface area contributed by atoms with Crippen LogP contribution in [0.2, 0.25) is 0 Å². The monoisotopic (exact) mass is 393 g/mol. The van der Waals surface area contributed by atoms with Gasteiger partial charge in [0.15, 0.2) is 5.65 Å². The van der Waals surface area contributed by atoms with E-state index in [0.29, 0.717) is 12.2 Å². The summed E-state index contributed by atoms with van der Waals surface area (Å²) >= 11 is 0. The van der Waals surface area contributed by atoms with Gasteiger partial charge in [0, 0.05) is 32.7 Å². The van der Waals surface area contributed by atoms with E-state index in [1.165, 1.54) is 5.56 Å². The number of fused-ring (bicyclic) bond motifs is 1. The Bertz CT molecular complexity index is 987. The van der Waals surface area contributed by atoms with E-state index >= 15 is 0 Å². The second kappa shape index (κ2) is 7.67. The standard InChI is InChI=1S/C20H23N7O2/c28-20(29-17-12-25(13-17)10-15-4-2-1-3-5-15)22-16-8-9-26(11-16)19-7-6-18-23-21-14-27(18)24-19/h1-7,14,16-17H,8-13H2,(H,22,28)/t16-/m1/s1. The molecule has 29 heavy (non-hydrogen) atoms. The molecule has 1 aromatic carbocycles. The zero-order valence-corrected chi connectivity index (χ0v) is 16.0. The Balaban J connectivity index is 1.06. The molecule has 0 aliphatic carbocycles. The van der Waals surface area contributed by atoms with Gasteiger partial charge in [-0.25, -0.2) is 4.79 Å². The maximum absolute atomic E-state index is 12.2. The summed E-state index contributed by atoms with van der Waals surface area (Å²) in [6, 6.07) is 14.2. The molecule has 3 aromatic rings. The fraction of sp³-hybridized carbons (Fsp3) is 0.400. The second-order valence-corrected chi connectivity index (χ2v) is 7.61. The van der Waals surface area contributed by atoms with E-state index < -0.39 is 0 Å². The molecule has 0 saturated carbocycles. The summed E-state index contributed by atoms with van der Waals surface area (Å²) in [4.78, 5) is 16.7. The Labute approximate surface area is 168 Å². The Hall–Kier alpha value is -3.20. The van der Waals surface area contributed by atoms with Gasteiger partial charge >= 0.3 is 6.09 Å². The Morgan fingerprint density at radius 2 is 2.00 bits per heavy atom. The molecule has 9 heteroatoms. The number of amides is 1. The lowest BCUT2D eigenvalue weighted by molar-refractivity contribution is -0.0179. The Kier molecular flexibility index (Phi) is 4.73. The van der Waals surface area contributed by atoms with Gasteiger partial charge < -0.3 is 15.0 Å². The Morgan fingerprint density at radius 3 is 2.86 bits per heavy atom. The summed E-state index contributed by atoms with van der Waals surface area (Å²) in [7, 11) is 0. The lowest BCUT2D eigenvalue weighted by atomic mass is 10.1. The normalized spacial score (nSPS) is 20.0. The van der Waals surface area contributed by atoms with Gasteiger partial charge in [-0.1, -0.05) is 30.3 Å². The van der Waals surface area contributed by atoms with Gasteiger partial charge in [-0.3, -0.25) is 4.90 Å². The molecule has 1 amide bonds. The van der Waals surface area contributed by atoms with Crippen molar-refractivity contribution in [3.8, 4) is 0 Å². The first-order valence-electron chi connectivity index (χ1n) is 9.88. The van der Waals surface area contributed by atoms with Crippen LogP contribution in [0.25, 0.3) is 5.65 Å². The van der Waals surface area contributed by atoms with Crippen LogP contribution in [0.4, 0.5) is 10.6 Å². The predicted molar refractivity (Wildman–Crippen MR) is 107 cm³/mol. The van der Waals surface area contributed by atoms with Crippen molar-refractivity contribution in [3.63, 3.8) is 0 Å². The second-order valence-electron chi connectivity index (χ2n) is 7.61. The molecule has 2 aliphatic heterocycles. The van der Waals surface area contributed by atoms with Crippen LogP contribution in [0.5, 0.6) is 0 Å². The van der Waals surface area contributed by atoms with E-state index in [2.05, 4.69) is 42.5 Å². The molecule has 0 unspecified atom stereocenters. The fourth-order valence-electron chi connectivity index (χ4n) is 3.89. The van der Waals surface area contributed by atoms with Crippen molar-refractivity contribution in [1.29, 1.82) is 0 Å². The summed E-state index contributed by atoms with van der Waals surface area (Å²) in [6.07, 6.45) is 2.08. The van der Waals surface area contributed by atoms with E-state index in [1.807, 2.05) is 30.3 Å². The van der Waals surface area contributed by atoms with E-state index in [1.54, 1.807) is 10.8 Å². The third-order valence-corrected chi connectivity index (χ3v) is 5.43. The lowest BCUT2D eigenvalue weighted by Crippen LogP contribution is -2.53. The minimum Gasteiger partial charge on any atom is -0.444 e. The van der Waals surface area contributed by atoms with Gasteiger partial charge in [-0.2, -0.15) is 4.52 Å². The molecule has 2 saturated heterocycles. The van der Waals surface area contributed by atoms with E-state index in [9.17, 15) is 4.79 Å². The molecule has 5 rings (SSSR count). The number of ether oxygens (including phenoxy) is 1. The zero-order valence-electron chi connectivity index (χ0n) is 16.0. The predicted octanol–water partition coefficient (Wildman–Crippen LogP) is 1.31. The smallest absolute Gasteiger partial charge is 0.407 e. The van der Waals surface area contributed by atoms with E-state index in [-0.39, 0.29) is 18.2 Å². The largest absolute Gasteiger partial charge is 0.444 e. The minimum atomic E-state index is -0.330. The SMILES string of the molecule is O=C(N[C@@H]1CCN(c2ccc3nncn3n2)C1)OC1CN(Cc2ccccc2)C1. The molecular weight excluding hydrogens is 370 g/mol. The first-order valence-corrected chi connectivity index (χ1v) is 9.88. The van der Waals surface area contributed by atoms with Gasteiger partial charge in [-0.15, -0.1) is 15.3 Å². The van der Waals surface area contributed by atoms with Crippen molar-refractivity contribution in [2.45, 2.75) is 25.1 Å². The number of hydrogen-bond donors (Lipinski definition) is 1. The highest BCUT2D eigenvalue weighted by atomic mass is 16.6. The van der Waals surface area contributed by atoms with Gasteiger partial charge in [0.1, 0.15) is 18.2 Å². The third-order valence-electron chi connectivity index (χ3n) is 5.43. The van der Waals surface area contributed by atoms with Crippen molar-refractivity contribution >= 4 is 17.6 Å². The number of aromatic nitrogens is 4. The maximum atomic E-state index is 12.2. The molecule has 9 nitrogen and oxygen atoms in total. The number of nitrogens with one attached hydrogen (secondary N) is 1. The number of benzene rings is 1. The van der Waals surface area contributed by atoms with Gasteiger partial charge in [0.25, 0.3) is 0 Å². The Morgan fingerprint density at radius 1 is 1.14 bits per heavy atom. The van der Waals surface area contributed by atoms with Gasteiger partial charge in [-0.05, 0) is 24.1 Å². The molecule has 2 aliphatic rings. The molecule has 2 fully saturated rings. The molecule has 0 spiro atoms. The summed E-state index contributed by atoms with van der Waals surface area (Å²) in [5.41, 5.74) is 1.99. The molecule has 0 bridgehead atoms. The first kappa shape index (κ1) is 17.9. The summed E-state index contributed by atoms with van der Waals surface area (Å²) in [5, 5.41) is 15.3. The molecule has 0 radical (unpaired) electrons. The van der Waals surface area contributed by atoms with Crippen LogP contribution in [-0.4, -0.2) is 69.1 Å². The van der Waals surface area contributed by atoms with Crippen LogP contribution in [0, 0.1) is 0 Å². The van der Waals surface area contributed by atoms with Crippen LogP contribution >= 0.6 is 0 Å². The number of nitrogens with zero attached hydrogens (tertiary/aromatic N) is 6. The quantitative estimate of drug-likeness (QED) is 0.699. The summed E-state index contributed by atoms with van der Waals surface area (Å²) < 4.78 is 7.21. The number of hydrogen-bond acceptors (Lipinski definition) is 7. The van der Waals surface area contributed by atoms with Crippen molar-refractivity contribution < 1.29 is 9.53 Å². The van der Waals surface area contributed by atoms with Crippen molar-refractivity contribution in [3.05, 3.63) is 54.4 Å². The number of rotatable bonds is 5. The number of carbonyl (C=O) groups excluding carboxylic acids is 1. The maximum Gasteiger partial charge on any atom is 0.407 e. The van der Waals surface area contributed by atoms with E-state index in [0.717, 1.165) is 38.4 Å². The first-order chi connectivity index (χ1) is 14.2. The number of likely N-dealkylation sites (tertiary alicyclic amines) is 1. The molecule has 2 aromatic heterocycles. The van der Waals surface area contributed by atoms with Gasteiger partial charge in [0.2, 0.25) is 0 Å². The average Bonchev–Trinajstić information content (AvgIpc) is 3.35. The molecular formula is C20H23N7O2. The van der Waals surface area contributed by atoms with Crippen LogP contribution in [-0.2, 0) is 11.3 Å². The van der Waals surface area contributed by atoms with Crippen molar-refractivity contribution in [2.24, 2.45) is 0 Å². The summed E-state index contributed by atoms with van der Waals surface area (Å²) in [6.45, 7) is 3.99. The fourth-order valence-corrected chi connectivity index (χ4v) is 3.89. The summed E-state index contributed by atoms with van der Waals surface area (Å²) in [5.74, 6) is 0.852. The lowest BCUT2D eigenvalue weighted by Gasteiger charge is -2.38. The minimum absolute atomic E-state index is 0.0333. The zero-order chi connectivity index (χ0) is 19.6. The molecule has 1 N–H and O–H groups in total. The third kappa shape index (κ3) is 4.00. The van der Waals surface area contributed by atoms with Crippen LogP contribution < -0.4 is 10.2 Å². The average molecular weight is 393 g/mol. The van der Waals surface area contributed by atoms with Gasteiger partial charge in [0.05, 0.1) is 6.04 Å². The number of alkyl carbamates (subject to hydrolysis) is 1. The molecule has 1 atom stereocenters. The number of anilines is 1. The van der Waals surface area contributed by atoms with Crippen LogP contribution in [0.3, 0.4) is 0 Å². The highest BCUT2D eigenvalue weighted by Gasteiger charge is 2.31. The topological polar surface area (TPSA) is 87.9 Å². The van der Waals surface area contributed by atoms with Crippen LogP contribution in [0.1, 0.15) is 12.0 Å². The van der Waals surface area contributed by atoms with Crippen LogP contribution in [0.15, 0.2) is 48.8 Å². The number of carbonyl (C=O) groups is 1. The van der Waals surface area contributed by atoms with Crippen molar-refractivity contribution in [2.75, 3.05) is 31.1 Å². The van der Waals surface area contributed by atoms with E-state index in [4.69, 9.17) is 4.74 Å². The highest BCUT2D eigenvalue weighted by Crippen LogP contribution is 2.19. The molecule has 150 valence electrons. The van der Waals surface area contributed by atoms with Crippen molar-refractivity contribution in [1.82, 2.24) is 30.0 Å².